The smallest absolute Gasteiger partial charge is 0.303 e. The van der Waals surface area contributed by atoms with Crippen molar-refractivity contribution in [1.29, 1.82) is 0 Å². The van der Waals surface area contributed by atoms with Crippen LogP contribution in [0.1, 0.15) is 30.4 Å². The van der Waals surface area contributed by atoms with Crippen LogP contribution in [0, 0.1) is 0 Å². The average Bonchev–Trinajstić information content (AvgIpc) is 2.51. The first-order valence-electron chi connectivity index (χ1n) is 7.18. The molecule has 2 rings (SSSR count). The molecular weight excluding hydrogens is 262 g/mol. The summed E-state index contributed by atoms with van der Waals surface area (Å²) in [4.78, 5) is 10.4. The number of hydrogen-bond acceptors (Lipinski definition) is 1. The third-order valence-corrected chi connectivity index (χ3v) is 3.24. The molecule has 0 saturated carbocycles. The number of nitrogens with zero attached hydrogens (tertiary/aromatic N) is 1. The molecule has 21 heavy (non-hydrogen) atoms. The molecule has 0 spiro atoms. The van der Waals surface area contributed by atoms with Gasteiger partial charge in [-0.25, -0.2) is 4.57 Å². The van der Waals surface area contributed by atoms with Crippen LogP contribution >= 0.6 is 0 Å². The van der Waals surface area contributed by atoms with Gasteiger partial charge in [0.2, 0.25) is 0 Å². The van der Waals surface area contributed by atoms with Crippen LogP contribution in [-0.2, 0) is 11.3 Å². The second-order valence-electron chi connectivity index (χ2n) is 4.96. The molecule has 1 aromatic carbocycles. The van der Waals surface area contributed by atoms with Crippen LogP contribution in [0.15, 0.2) is 54.9 Å². The Kier molecular flexibility index (Phi) is 5.71. The van der Waals surface area contributed by atoms with Crippen molar-refractivity contribution in [2.75, 3.05) is 0 Å². The summed E-state index contributed by atoms with van der Waals surface area (Å²) in [7, 11) is 0. The molecule has 0 bridgehead atoms. The maximum Gasteiger partial charge on any atom is 0.303 e. The molecule has 0 radical (unpaired) electrons. The maximum atomic E-state index is 10.4. The van der Waals surface area contributed by atoms with E-state index in [0.29, 0.717) is 0 Å². The first-order chi connectivity index (χ1) is 10.2. The van der Waals surface area contributed by atoms with Crippen molar-refractivity contribution in [2.45, 2.75) is 25.8 Å². The number of unbranched alkanes of at least 4 members (excludes halogenated alkanes) is 1. The Morgan fingerprint density at radius 2 is 1.57 bits per heavy atom. The van der Waals surface area contributed by atoms with Crippen molar-refractivity contribution < 1.29 is 14.5 Å². The maximum absolute atomic E-state index is 10.4. The zero-order valence-corrected chi connectivity index (χ0v) is 12.0. The van der Waals surface area contributed by atoms with E-state index in [-0.39, 0.29) is 6.42 Å². The minimum absolute atomic E-state index is 0.248. The fourth-order valence-corrected chi connectivity index (χ4v) is 2.06. The number of carboxylic acid groups (broad SMARTS) is 1. The highest BCUT2D eigenvalue weighted by Gasteiger charge is 2.01. The average molecular weight is 282 g/mol. The highest BCUT2D eigenvalue weighted by molar-refractivity contribution is 5.69. The molecule has 1 N–H and O–H groups in total. The minimum Gasteiger partial charge on any atom is -0.481 e. The molecule has 0 aliphatic carbocycles. The zero-order valence-electron chi connectivity index (χ0n) is 12.0. The lowest BCUT2D eigenvalue weighted by molar-refractivity contribution is -0.697. The number of rotatable bonds is 7. The summed E-state index contributed by atoms with van der Waals surface area (Å²) in [5.74, 6) is -0.721. The lowest BCUT2D eigenvalue weighted by Crippen LogP contribution is -2.32. The number of carboxylic acids is 1. The van der Waals surface area contributed by atoms with Gasteiger partial charge in [0.1, 0.15) is 6.54 Å². The lowest BCUT2D eigenvalue weighted by atomic mass is 10.1. The summed E-state index contributed by atoms with van der Waals surface area (Å²) >= 11 is 0. The summed E-state index contributed by atoms with van der Waals surface area (Å²) in [6.45, 7) is 0.857. The molecule has 3 heteroatoms. The lowest BCUT2D eigenvalue weighted by Gasteiger charge is -1.97. The first-order valence-corrected chi connectivity index (χ1v) is 7.18. The molecule has 0 amide bonds. The van der Waals surface area contributed by atoms with Crippen molar-refractivity contribution in [3.05, 3.63) is 66.0 Å². The van der Waals surface area contributed by atoms with Gasteiger partial charge in [-0.3, -0.25) is 4.79 Å². The van der Waals surface area contributed by atoms with Gasteiger partial charge < -0.3 is 5.11 Å². The Bertz CT molecular complexity index is 588. The highest BCUT2D eigenvalue weighted by atomic mass is 16.4. The summed E-state index contributed by atoms with van der Waals surface area (Å²) in [6, 6.07) is 14.3. The van der Waals surface area contributed by atoms with Crippen LogP contribution in [0.4, 0.5) is 0 Å². The number of benzene rings is 1. The van der Waals surface area contributed by atoms with Crippen LogP contribution in [0.25, 0.3) is 12.2 Å². The van der Waals surface area contributed by atoms with Crippen molar-refractivity contribution in [1.82, 2.24) is 0 Å². The van der Waals surface area contributed by atoms with E-state index in [0.717, 1.165) is 24.9 Å². The van der Waals surface area contributed by atoms with Crippen LogP contribution in [0.5, 0.6) is 0 Å². The summed E-state index contributed by atoms with van der Waals surface area (Å²) < 4.78 is 2.09. The first kappa shape index (κ1) is 15.0. The number of aryl methyl sites for hydroxylation is 1. The summed E-state index contributed by atoms with van der Waals surface area (Å²) in [5, 5.41) is 8.59. The van der Waals surface area contributed by atoms with Crippen molar-refractivity contribution in [3.63, 3.8) is 0 Å². The molecule has 0 aliphatic heterocycles. The second kappa shape index (κ2) is 8.00. The molecule has 0 unspecified atom stereocenters. The third-order valence-electron chi connectivity index (χ3n) is 3.24. The molecule has 1 aromatic heterocycles. The Morgan fingerprint density at radius 3 is 2.19 bits per heavy atom. The van der Waals surface area contributed by atoms with E-state index in [9.17, 15) is 4.79 Å². The zero-order chi connectivity index (χ0) is 14.9. The minimum atomic E-state index is -0.721. The van der Waals surface area contributed by atoms with Gasteiger partial charge in [0.05, 0.1) is 0 Å². The van der Waals surface area contributed by atoms with Crippen molar-refractivity contribution in [2.24, 2.45) is 0 Å². The van der Waals surface area contributed by atoms with E-state index in [1.54, 1.807) is 0 Å². The van der Waals surface area contributed by atoms with Crippen molar-refractivity contribution in [3.8, 4) is 0 Å². The molecule has 1 heterocycles. The van der Waals surface area contributed by atoms with Crippen LogP contribution < -0.4 is 4.57 Å². The predicted molar refractivity (Wildman–Crippen MR) is 83.5 cm³/mol. The highest BCUT2D eigenvalue weighted by Crippen LogP contribution is 2.06. The normalized spacial score (nSPS) is 10.9. The number of aromatic nitrogens is 1. The standard InChI is InChI=1S/C18H19NO2/c20-18(21)8-4-5-13-19-14-11-17(12-15-19)10-9-16-6-2-1-3-7-16/h1-3,6-7,9-12,14-15H,4-5,8,13H2/p+1/b10-9-. The molecular formula is C18H20NO2+. The van der Waals surface area contributed by atoms with Gasteiger partial charge in [0, 0.05) is 25.0 Å². The van der Waals surface area contributed by atoms with Crippen molar-refractivity contribution >= 4 is 18.1 Å². The fourth-order valence-electron chi connectivity index (χ4n) is 2.06. The number of aliphatic carboxylic acids is 1. The van der Waals surface area contributed by atoms with Gasteiger partial charge in [0.15, 0.2) is 12.4 Å². The Balaban J connectivity index is 1.84. The molecule has 3 nitrogen and oxygen atoms in total. The van der Waals surface area contributed by atoms with Crippen LogP contribution in [0.2, 0.25) is 0 Å². The van der Waals surface area contributed by atoms with E-state index < -0.39 is 5.97 Å². The molecule has 2 aromatic rings. The van der Waals surface area contributed by atoms with Crippen LogP contribution in [-0.4, -0.2) is 11.1 Å². The Hall–Kier alpha value is -2.42. The van der Waals surface area contributed by atoms with Gasteiger partial charge in [-0.05, 0) is 17.5 Å². The van der Waals surface area contributed by atoms with E-state index >= 15 is 0 Å². The van der Waals surface area contributed by atoms with Gasteiger partial charge in [0.25, 0.3) is 0 Å². The van der Waals surface area contributed by atoms with E-state index in [2.05, 4.69) is 41.0 Å². The predicted octanol–water partition coefficient (Wildman–Crippen LogP) is 3.40. The topological polar surface area (TPSA) is 41.2 Å². The Morgan fingerprint density at radius 1 is 0.952 bits per heavy atom. The van der Waals surface area contributed by atoms with Gasteiger partial charge in [-0.1, -0.05) is 42.5 Å². The number of carbonyl (C=O) groups is 1. The molecule has 0 fully saturated rings. The second-order valence-corrected chi connectivity index (χ2v) is 4.96. The molecule has 108 valence electrons. The monoisotopic (exact) mass is 282 g/mol. The van der Waals surface area contributed by atoms with E-state index in [1.165, 1.54) is 5.56 Å². The Labute approximate surface area is 125 Å². The molecule has 0 aliphatic rings. The SMILES string of the molecule is O=C(O)CCCC[n+]1ccc(/C=C\c2ccccc2)cc1. The summed E-state index contributed by atoms with van der Waals surface area (Å²) in [6.07, 6.45) is 10.1. The molecule has 0 atom stereocenters. The van der Waals surface area contributed by atoms with Gasteiger partial charge in [-0.2, -0.15) is 0 Å². The van der Waals surface area contributed by atoms with Gasteiger partial charge in [-0.15, -0.1) is 0 Å². The van der Waals surface area contributed by atoms with Gasteiger partial charge >= 0.3 is 5.97 Å². The van der Waals surface area contributed by atoms with E-state index in [4.69, 9.17) is 5.11 Å². The summed E-state index contributed by atoms with van der Waals surface area (Å²) in [5.41, 5.74) is 2.34. The third kappa shape index (κ3) is 5.61. The number of hydrogen-bond donors (Lipinski definition) is 1. The van der Waals surface area contributed by atoms with E-state index in [1.807, 2.05) is 30.6 Å². The largest absolute Gasteiger partial charge is 0.481 e. The number of pyridine rings is 1. The fraction of sp³-hybridized carbons (Fsp3) is 0.222. The molecule has 0 saturated heterocycles. The van der Waals surface area contributed by atoms with Crippen LogP contribution in [0.3, 0.4) is 0 Å². The quantitative estimate of drug-likeness (QED) is 0.624.